The fourth-order valence-electron chi connectivity index (χ4n) is 1.47. The monoisotopic (exact) mass is 226 g/mol. The SMILES string of the molecule is C=C(C)C(=O)OCCCCCCCC(C)C. The standard InChI is InChI=1S/C14H26O2/c1-12(2)10-8-6-5-7-9-11-16-14(15)13(3)4/h12H,3,5-11H2,1-2,4H3. The Balaban J connectivity index is 3.16. The first kappa shape index (κ1) is 15.2. The second kappa shape index (κ2) is 9.44. The molecular weight excluding hydrogens is 200 g/mol. The van der Waals surface area contributed by atoms with Gasteiger partial charge in [0.25, 0.3) is 0 Å². The molecule has 0 saturated carbocycles. The molecule has 0 amide bonds. The molecule has 0 aliphatic rings. The molecule has 94 valence electrons. The summed E-state index contributed by atoms with van der Waals surface area (Å²) in [6.07, 6.45) is 7.32. The molecule has 0 spiro atoms. The molecule has 2 nitrogen and oxygen atoms in total. The first-order valence-corrected chi connectivity index (χ1v) is 6.36. The Labute approximate surface area is 100 Å². The van der Waals surface area contributed by atoms with E-state index in [0.717, 1.165) is 18.8 Å². The predicted octanol–water partition coefficient (Wildman–Crippen LogP) is 4.10. The zero-order chi connectivity index (χ0) is 12.4. The zero-order valence-corrected chi connectivity index (χ0v) is 11.1. The van der Waals surface area contributed by atoms with E-state index in [1.807, 2.05) is 0 Å². The molecule has 0 aromatic rings. The summed E-state index contributed by atoms with van der Waals surface area (Å²) in [5, 5.41) is 0. The van der Waals surface area contributed by atoms with Crippen molar-refractivity contribution in [3.63, 3.8) is 0 Å². The maximum atomic E-state index is 11.0. The molecule has 0 rings (SSSR count). The van der Waals surface area contributed by atoms with Gasteiger partial charge in [-0.1, -0.05) is 52.5 Å². The van der Waals surface area contributed by atoms with Gasteiger partial charge in [-0.25, -0.2) is 4.79 Å². The number of unbranched alkanes of at least 4 members (excludes halogenated alkanes) is 4. The molecule has 0 aromatic carbocycles. The lowest BCUT2D eigenvalue weighted by atomic mass is 10.0. The number of carbonyl (C=O) groups excluding carboxylic acids is 1. The summed E-state index contributed by atoms with van der Waals surface area (Å²) in [5.74, 6) is 0.552. The molecule has 2 heteroatoms. The molecule has 0 radical (unpaired) electrons. The Morgan fingerprint density at radius 1 is 1.12 bits per heavy atom. The Bertz CT molecular complexity index is 207. The van der Waals surface area contributed by atoms with Crippen molar-refractivity contribution >= 4 is 5.97 Å². The summed E-state index contributed by atoms with van der Waals surface area (Å²) in [6.45, 7) is 10.3. The number of ether oxygens (including phenoxy) is 1. The molecule has 0 heterocycles. The van der Waals surface area contributed by atoms with Crippen LogP contribution >= 0.6 is 0 Å². The van der Waals surface area contributed by atoms with Crippen molar-refractivity contribution in [1.29, 1.82) is 0 Å². The average molecular weight is 226 g/mol. The first-order valence-electron chi connectivity index (χ1n) is 6.36. The molecule has 0 bridgehead atoms. The van der Waals surface area contributed by atoms with Gasteiger partial charge in [0.2, 0.25) is 0 Å². The van der Waals surface area contributed by atoms with E-state index >= 15 is 0 Å². The van der Waals surface area contributed by atoms with Crippen LogP contribution in [0.25, 0.3) is 0 Å². The van der Waals surface area contributed by atoms with Crippen molar-refractivity contribution in [2.24, 2.45) is 5.92 Å². The minimum absolute atomic E-state index is 0.264. The molecule has 0 aromatic heterocycles. The van der Waals surface area contributed by atoms with Crippen LogP contribution in [0.15, 0.2) is 12.2 Å². The third kappa shape index (κ3) is 9.75. The van der Waals surface area contributed by atoms with Gasteiger partial charge < -0.3 is 4.74 Å². The van der Waals surface area contributed by atoms with Gasteiger partial charge >= 0.3 is 5.97 Å². The van der Waals surface area contributed by atoms with Gasteiger partial charge in [0.05, 0.1) is 6.61 Å². The van der Waals surface area contributed by atoms with E-state index in [-0.39, 0.29) is 5.97 Å². The Morgan fingerprint density at radius 2 is 1.69 bits per heavy atom. The first-order chi connectivity index (χ1) is 7.54. The highest BCUT2D eigenvalue weighted by atomic mass is 16.5. The molecule has 0 aliphatic carbocycles. The van der Waals surface area contributed by atoms with E-state index < -0.39 is 0 Å². The van der Waals surface area contributed by atoms with Gasteiger partial charge in [-0.2, -0.15) is 0 Å². The van der Waals surface area contributed by atoms with Crippen LogP contribution in [0.1, 0.15) is 59.3 Å². The van der Waals surface area contributed by atoms with Crippen molar-refractivity contribution in [1.82, 2.24) is 0 Å². The average Bonchev–Trinajstić information content (AvgIpc) is 2.21. The number of rotatable bonds is 9. The van der Waals surface area contributed by atoms with Crippen molar-refractivity contribution < 1.29 is 9.53 Å². The normalized spacial score (nSPS) is 10.5. The minimum Gasteiger partial charge on any atom is -0.462 e. The van der Waals surface area contributed by atoms with E-state index in [4.69, 9.17) is 4.74 Å². The van der Waals surface area contributed by atoms with Gasteiger partial charge in [0.15, 0.2) is 0 Å². The van der Waals surface area contributed by atoms with E-state index in [1.54, 1.807) is 6.92 Å². The largest absolute Gasteiger partial charge is 0.462 e. The van der Waals surface area contributed by atoms with Crippen LogP contribution in [-0.2, 0) is 9.53 Å². The summed E-state index contributed by atoms with van der Waals surface area (Å²) >= 11 is 0. The summed E-state index contributed by atoms with van der Waals surface area (Å²) in [4.78, 5) is 11.0. The molecule has 0 unspecified atom stereocenters. The quantitative estimate of drug-likeness (QED) is 0.336. The van der Waals surface area contributed by atoms with Gasteiger partial charge in [0.1, 0.15) is 0 Å². The minimum atomic E-state index is -0.264. The summed E-state index contributed by atoms with van der Waals surface area (Å²) < 4.78 is 5.01. The Hall–Kier alpha value is -0.790. The molecule has 16 heavy (non-hydrogen) atoms. The van der Waals surface area contributed by atoms with Crippen LogP contribution in [0.3, 0.4) is 0 Å². The second-order valence-corrected chi connectivity index (χ2v) is 4.87. The van der Waals surface area contributed by atoms with Gasteiger partial charge in [-0.3, -0.25) is 0 Å². The predicted molar refractivity (Wildman–Crippen MR) is 68.3 cm³/mol. The highest BCUT2D eigenvalue weighted by Gasteiger charge is 2.01. The van der Waals surface area contributed by atoms with Crippen LogP contribution in [0.2, 0.25) is 0 Å². The van der Waals surface area contributed by atoms with Crippen LogP contribution in [0.5, 0.6) is 0 Å². The highest BCUT2D eigenvalue weighted by Crippen LogP contribution is 2.10. The van der Waals surface area contributed by atoms with Crippen LogP contribution in [0.4, 0.5) is 0 Å². The van der Waals surface area contributed by atoms with Crippen molar-refractivity contribution in [2.75, 3.05) is 6.61 Å². The summed E-state index contributed by atoms with van der Waals surface area (Å²) in [5.41, 5.74) is 0.483. The maximum absolute atomic E-state index is 11.0. The number of esters is 1. The number of carbonyl (C=O) groups is 1. The Kier molecular flexibility index (Phi) is 8.97. The number of hydrogen-bond donors (Lipinski definition) is 0. The van der Waals surface area contributed by atoms with E-state index in [1.165, 1.54) is 25.7 Å². The van der Waals surface area contributed by atoms with Crippen molar-refractivity contribution in [3.05, 3.63) is 12.2 Å². The summed E-state index contributed by atoms with van der Waals surface area (Å²) in [7, 11) is 0. The van der Waals surface area contributed by atoms with Crippen LogP contribution in [0, 0.1) is 5.92 Å². The van der Waals surface area contributed by atoms with Crippen molar-refractivity contribution in [3.8, 4) is 0 Å². The van der Waals surface area contributed by atoms with E-state index in [0.29, 0.717) is 12.2 Å². The lowest BCUT2D eigenvalue weighted by Crippen LogP contribution is -2.05. The van der Waals surface area contributed by atoms with Crippen LogP contribution < -0.4 is 0 Å². The molecule has 0 N–H and O–H groups in total. The second-order valence-electron chi connectivity index (χ2n) is 4.87. The zero-order valence-electron chi connectivity index (χ0n) is 11.1. The smallest absolute Gasteiger partial charge is 0.333 e. The van der Waals surface area contributed by atoms with Gasteiger partial charge in [-0.05, 0) is 19.3 Å². The fourth-order valence-corrected chi connectivity index (χ4v) is 1.47. The van der Waals surface area contributed by atoms with Gasteiger partial charge in [0, 0.05) is 5.57 Å². The Morgan fingerprint density at radius 3 is 2.25 bits per heavy atom. The lowest BCUT2D eigenvalue weighted by Gasteiger charge is -2.05. The van der Waals surface area contributed by atoms with Crippen LogP contribution in [-0.4, -0.2) is 12.6 Å². The summed E-state index contributed by atoms with van der Waals surface area (Å²) in [6, 6.07) is 0. The maximum Gasteiger partial charge on any atom is 0.333 e. The van der Waals surface area contributed by atoms with Crippen molar-refractivity contribution in [2.45, 2.75) is 59.3 Å². The molecular formula is C14H26O2. The highest BCUT2D eigenvalue weighted by molar-refractivity contribution is 5.86. The fraction of sp³-hybridized carbons (Fsp3) is 0.786. The molecule has 0 fully saturated rings. The number of hydrogen-bond acceptors (Lipinski definition) is 2. The molecule has 0 saturated heterocycles. The topological polar surface area (TPSA) is 26.3 Å². The van der Waals surface area contributed by atoms with Gasteiger partial charge in [-0.15, -0.1) is 0 Å². The third-order valence-electron chi connectivity index (χ3n) is 2.51. The third-order valence-corrected chi connectivity index (χ3v) is 2.51. The van der Waals surface area contributed by atoms with E-state index in [2.05, 4.69) is 20.4 Å². The molecule has 0 aliphatic heterocycles. The van der Waals surface area contributed by atoms with E-state index in [9.17, 15) is 4.79 Å². The lowest BCUT2D eigenvalue weighted by molar-refractivity contribution is -0.139. The molecule has 0 atom stereocenters.